The van der Waals surface area contributed by atoms with Crippen LogP contribution in [0.15, 0.2) is 37.6 Å². The minimum Gasteiger partial charge on any atom is -0.456 e. The number of benzene rings is 1. The Morgan fingerprint density at radius 1 is 1.32 bits per heavy atom. The Bertz CT molecular complexity index is 600. The van der Waals surface area contributed by atoms with Crippen molar-refractivity contribution in [2.45, 2.75) is 13.3 Å². The number of halogens is 2. The predicted octanol–water partition coefficient (Wildman–Crippen LogP) is 4.20. The molecule has 0 aliphatic carbocycles. The van der Waals surface area contributed by atoms with Crippen molar-refractivity contribution in [3.63, 3.8) is 0 Å². The quantitative estimate of drug-likeness (QED) is 0.775. The monoisotopic (exact) mass is 386 g/mol. The summed E-state index contributed by atoms with van der Waals surface area (Å²) in [5.74, 6) is 0.763. The molecule has 19 heavy (non-hydrogen) atoms. The summed E-state index contributed by atoms with van der Waals surface area (Å²) in [5, 5.41) is 2.78. The molecule has 4 nitrogen and oxygen atoms in total. The first kappa shape index (κ1) is 14.1. The molecule has 3 N–H and O–H groups in total. The molecule has 6 heteroatoms. The molecule has 0 unspecified atom stereocenters. The van der Waals surface area contributed by atoms with Gasteiger partial charge in [-0.15, -0.1) is 0 Å². The van der Waals surface area contributed by atoms with Crippen LogP contribution in [0.3, 0.4) is 0 Å². The average Bonchev–Trinajstić information content (AvgIpc) is 2.82. The number of nitrogen functional groups attached to an aromatic ring is 1. The van der Waals surface area contributed by atoms with Crippen molar-refractivity contribution < 1.29 is 9.21 Å². The first-order valence-electron chi connectivity index (χ1n) is 5.66. The summed E-state index contributed by atoms with van der Waals surface area (Å²) in [6.07, 6.45) is 0.753. The summed E-state index contributed by atoms with van der Waals surface area (Å²) < 4.78 is 6.81. The van der Waals surface area contributed by atoms with Gasteiger partial charge in [0.2, 0.25) is 0 Å². The number of nitrogens with one attached hydrogen (secondary N) is 1. The second-order valence-electron chi connectivity index (χ2n) is 3.93. The summed E-state index contributed by atoms with van der Waals surface area (Å²) in [7, 11) is 0. The van der Waals surface area contributed by atoms with Crippen LogP contribution in [0.2, 0.25) is 0 Å². The molecule has 0 saturated carbocycles. The Hall–Kier alpha value is -1.27. The van der Waals surface area contributed by atoms with Crippen molar-refractivity contribution >= 4 is 49.1 Å². The van der Waals surface area contributed by atoms with Crippen molar-refractivity contribution in [3.05, 3.63) is 44.7 Å². The van der Waals surface area contributed by atoms with Gasteiger partial charge in [-0.1, -0.05) is 6.92 Å². The van der Waals surface area contributed by atoms with E-state index in [9.17, 15) is 4.79 Å². The highest BCUT2D eigenvalue weighted by molar-refractivity contribution is 9.11. The van der Waals surface area contributed by atoms with Crippen molar-refractivity contribution in [3.8, 4) is 0 Å². The highest BCUT2D eigenvalue weighted by Gasteiger charge is 2.14. The lowest BCUT2D eigenvalue weighted by Gasteiger charge is -2.09. The van der Waals surface area contributed by atoms with Crippen LogP contribution in [0.4, 0.5) is 11.4 Å². The van der Waals surface area contributed by atoms with Crippen LogP contribution in [0, 0.1) is 0 Å². The van der Waals surface area contributed by atoms with E-state index in [2.05, 4.69) is 37.2 Å². The average molecular weight is 388 g/mol. The van der Waals surface area contributed by atoms with Crippen molar-refractivity contribution in [1.82, 2.24) is 0 Å². The molecular weight excluding hydrogens is 376 g/mol. The van der Waals surface area contributed by atoms with Crippen molar-refractivity contribution in [1.29, 1.82) is 0 Å². The maximum absolute atomic E-state index is 12.1. The van der Waals surface area contributed by atoms with Gasteiger partial charge in [-0.25, -0.2) is 0 Å². The fourth-order valence-corrected chi connectivity index (χ4v) is 3.00. The number of nitrogens with two attached hydrogens (primary N) is 1. The number of furan rings is 1. The van der Waals surface area contributed by atoms with Crippen molar-refractivity contribution in [2.75, 3.05) is 11.1 Å². The zero-order valence-corrected chi connectivity index (χ0v) is 13.3. The van der Waals surface area contributed by atoms with Crippen molar-refractivity contribution in [2.24, 2.45) is 0 Å². The molecule has 1 heterocycles. The molecule has 0 bridgehead atoms. The number of hydrogen-bond donors (Lipinski definition) is 2. The standard InChI is InChI=1S/C13H12Br2N2O2/c1-2-8-3-4-11(19-8)13(18)17-12-9(14)5-7(16)6-10(12)15/h3-6H,2,16H2,1H3,(H,17,18). The fourth-order valence-electron chi connectivity index (χ4n) is 1.58. The Balaban J connectivity index is 2.24. The molecule has 0 aliphatic rings. The first-order chi connectivity index (χ1) is 9.01. The van der Waals surface area contributed by atoms with Crippen LogP contribution in [-0.4, -0.2) is 5.91 Å². The molecule has 1 aromatic carbocycles. The third kappa shape index (κ3) is 3.19. The van der Waals surface area contributed by atoms with Crippen LogP contribution >= 0.6 is 31.9 Å². The van der Waals surface area contributed by atoms with Gasteiger partial charge in [0.25, 0.3) is 5.91 Å². The highest BCUT2D eigenvalue weighted by atomic mass is 79.9. The van der Waals surface area contributed by atoms with E-state index in [0.717, 1.165) is 12.2 Å². The van der Waals surface area contributed by atoms with E-state index >= 15 is 0 Å². The predicted molar refractivity (Wildman–Crippen MR) is 82.3 cm³/mol. The molecule has 0 saturated heterocycles. The number of carbonyl (C=O) groups is 1. The van der Waals surface area contributed by atoms with E-state index in [1.165, 1.54) is 0 Å². The van der Waals surface area contributed by atoms with Crippen LogP contribution in [0.25, 0.3) is 0 Å². The Morgan fingerprint density at radius 3 is 2.47 bits per heavy atom. The minimum absolute atomic E-state index is 0.285. The summed E-state index contributed by atoms with van der Waals surface area (Å²) in [4.78, 5) is 12.1. The maximum atomic E-state index is 12.1. The van der Waals surface area contributed by atoms with E-state index in [1.54, 1.807) is 24.3 Å². The van der Waals surface area contributed by atoms with Gasteiger partial charge in [0.05, 0.1) is 5.69 Å². The molecule has 0 atom stereocenters. The summed E-state index contributed by atoms with van der Waals surface area (Å²) in [6.45, 7) is 1.97. The number of hydrogen-bond acceptors (Lipinski definition) is 3. The SMILES string of the molecule is CCc1ccc(C(=O)Nc2c(Br)cc(N)cc2Br)o1. The number of aryl methyl sites for hydroxylation is 1. The van der Waals surface area contributed by atoms with Crippen LogP contribution in [-0.2, 0) is 6.42 Å². The summed E-state index contributed by atoms with van der Waals surface area (Å²) >= 11 is 6.73. The third-order valence-electron chi connectivity index (χ3n) is 2.54. The van der Waals surface area contributed by atoms with Gasteiger partial charge in [-0.3, -0.25) is 4.79 Å². The Labute approximate surface area is 127 Å². The Morgan fingerprint density at radius 2 is 1.95 bits per heavy atom. The second-order valence-corrected chi connectivity index (χ2v) is 5.64. The van der Waals surface area contributed by atoms with Gasteiger partial charge in [-0.2, -0.15) is 0 Å². The third-order valence-corrected chi connectivity index (χ3v) is 3.79. The van der Waals surface area contributed by atoms with Crippen LogP contribution < -0.4 is 11.1 Å². The first-order valence-corrected chi connectivity index (χ1v) is 7.24. The van der Waals surface area contributed by atoms with Gasteiger partial charge in [-0.05, 0) is 56.1 Å². The van der Waals surface area contributed by atoms with Crippen LogP contribution in [0.5, 0.6) is 0 Å². The fraction of sp³-hybridized carbons (Fsp3) is 0.154. The van der Waals surface area contributed by atoms with Gasteiger partial charge < -0.3 is 15.5 Å². The molecule has 2 aromatic rings. The van der Waals surface area contributed by atoms with E-state index < -0.39 is 0 Å². The minimum atomic E-state index is -0.300. The molecule has 1 amide bonds. The van der Waals surface area contributed by atoms with Gasteiger partial charge >= 0.3 is 0 Å². The molecule has 2 rings (SSSR count). The van der Waals surface area contributed by atoms with E-state index in [-0.39, 0.29) is 11.7 Å². The number of carbonyl (C=O) groups excluding carboxylic acids is 1. The van der Waals surface area contributed by atoms with Crippen LogP contribution in [0.1, 0.15) is 23.2 Å². The molecule has 0 aliphatic heterocycles. The van der Waals surface area contributed by atoms with Gasteiger partial charge in [0.15, 0.2) is 5.76 Å². The molecule has 0 spiro atoms. The zero-order valence-electron chi connectivity index (χ0n) is 10.2. The van der Waals surface area contributed by atoms with E-state index in [4.69, 9.17) is 10.2 Å². The topological polar surface area (TPSA) is 68.3 Å². The number of rotatable bonds is 3. The lowest BCUT2D eigenvalue weighted by molar-refractivity contribution is 0.0995. The lowest BCUT2D eigenvalue weighted by Crippen LogP contribution is -2.12. The lowest BCUT2D eigenvalue weighted by atomic mass is 10.3. The molecular formula is C13H12Br2N2O2. The summed E-state index contributed by atoms with van der Waals surface area (Å²) in [6, 6.07) is 6.90. The largest absolute Gasteiger partial charge is 0.456 e. The molecule has 1 aromatic heterocycles. The number of amides is 1. The highest BCUT2D eigenvalue weighted by Crippen LogP contribution is 2.33. The smallest absolute Gasteiger partial charge is 0.291 e. The normalized spacial score (nSPS) is 10.5. The second kappa shape index (κ2) is 5.79. The molecule has 0 radical (unpaired) electrons. The van der Waals surface area contributed by atoms with Gasteiger partial charge in [0.1, 0.15) is 5.76 Å². The molecule has 100 valence electrons. The molecule has 0 fully saturated rings. The maximum Gasteiger partial charge on any atom is 0.291 e. The number of anilines is 2. The summed E-state index contributed by atoms with van der Waals surface area (Å²) in [5.41, 5.74) is 6.92. The Kier molecular flexibility index (Phi) is 4.31. The van der Waals surface area contributed by atoms with E-state index in [1.807, 2.05) is 6.92 Å². The van der Waals surface area contributed by atoms with Gasteiger partial charge in [0, 0.05) is 21.1 Å². The zero-order chi connectivity index (χ0) is 14.0. The van der Waals surface area contributed by atoms with E-state index in [0.29, 0.717) is 20.3 Å².